The number of benzene rings is 2. The third-order valence-electron chi connectivity index (χ3n) is 6.47. The number of fused-ring (bicyclic) bond motifs is 1. The van der Waals surface area contributed by atoms with Crippen molar-refractivity contribution >= 4 is 16.8 Å². The number of aromatic nitrogens is 1. The van der Waals surface area contributed by atoms with E-state index in [4.69, 9.17) is 0 Å². The molecule has 1 fully saturated rings. The van der Waals surface area contributed by atoms with Gasteiger partial charge in [0.2, 0.25) is 5.91 Å². The van der Waals surface area contributed by atoms with Crippen LogP contribution < -0.4 is 5.32 Å². The van der Waals surface area contributed by atoms with Gasteiger partial charge in [-0.1, -0.05) is 37.3 Å². The molecule has 1 saturated heterocycles. The van der Waals surface area contributed by atoms with Gasteiger partial charge >= 0.3 is 0 Å². The van der Waals surface area contributed by atoms with Crippen LogP contribution in [0, 0.1) is 11.7 Å². The lowest BCUT2D eigenvalue weighted by molar-refractivity contribution is -0.127. The third-order valence-corrected chi connectivity index (χ3v) is 6.47. The third kappa shape index (κ3) is 5.16. The van der Waals surface area contributed by atoms with Gasteiger partial charge < -0.3 is 9.88 Å². The Morgan fingerprint density at radius 2 is 1.87 bits per heavy atom. The number of nitrogens with one attached hydrogen (secondary N) is 1. The average molecular weight is 422 g/mol. The molecule has 2 aromatic carbocycles. The van der Waals surface area contributed by atoms with Crippen LogP contribution in [0.5, 0.6) is 0 Å². The first-order valence-corrected chi connectivity index (χ1v) is 11.4. The predicted molar refractivity (Wildman–Crippen MR) is 123 cm³/mol. The molecule has 1 aliphatic heterocycles. The molecular weight excluding hydrogens is 389 g/mol. The van der Waals surface area contributed by atoms with Crippen LogP contribution in [0.4, 0.5) is 4.39 Å². The normalized spacial score (nSPS) is 16.5. The van der Waals surface area contributed by atoms with Crippen molar-refractivity contribution in [3.05, 3.63) is 71.7 Å². The number of piperidine rings is 1. The van der Waals surface area contributed by atoms with Crippen molar-refractivity contribution < 1.29 is 9.18 Å². The number of amides is 1. The number of carbonyl (C=O) groups excluding carboxylic acids is 1. The Bertz CT molecular complexity index is 1040. The number of para-hydroxylation sites is 1. The van der Waals surface area contributed by atoms with Gasteiger partial charge in [-0.05, 0) is 74.5 Å². The van der Waals surface area contributed by atoms with Crippen molar-refractivity contribution in [3.8, 4) is 0 Å². The molecule has 0 saturated carbocycles. The summed E-state index contributed by atoms with van der Waals surface area (Å²) in [6.45, 7) is 7.47. The molecule has 4 nitrogen and oxygen atoms in total. The van der Waals surface area contributed by atoms with E-state index in [1.54, 1.807) is 12.1 Å². The van der Waals surface area contributed by atoms with Crippen LogP contribution in [0.1, 0.15) is 44.4 Å². The molecule has 1 unspecified atom stereocenters. The Balaban J connectivity index is 1.47. The first kappa shape index (κ1) is 21.6. The SMILES string of the molecule is CCC(C)NC(=O)C1CCN(Cc2cc3ccccc3n2Cc2cccc(F)c2)CC1. The van der Waals surface area contributed by atoms with Gasteiger partial charge in [-0.15, -0.1) is 0 Å². The number of carbonyl (C=O) groups is 1. The lowest BCUT2D eigenvalue weighted by Gasteiger charge is -2.32. The fourth-order valence-electron chi connectivity index (χ4n) is 4.45. The van der Waals surface area contributed by atoms with Crippen LogP contribution in [-0.2, 0) is 17.9 Å². The molecule has 1 N–H and O–H groups in total. The zero-order chi connectivity index (χ0) is 21.8. The molecule has 3 aromatic rings. The van der Waals surface area contributed by atoms with Crippen molar-refractivity contribution in [2.75, 3.05) is 13.1 Å². The lowest BCUT2D eigenvalue weighted by atomic mass is 9.95. The summed E-state index contributed by atoms with van der Waals surface area (Å²) in [5.74, 6) is 0.117. The van der Waals surface area contributed by atoms with E-state index in [-0.39, 0.29) is 23.7 Å². The maximum absolute atomic E-state index is 13.7. The van der Waals surface area contributed by atoms with Crippen molar-refractivity contribution in [3.63, 3.8) is 0 Å². The minimum atomic E-state index is -0.201. The molecule has 0 radical (unpaired) electrons. The largest absolute Gasteiger partial charge is 0.353 e. The summed E-state index contributed by atoms with van der Waals surface area (Å²) in [6, 6.07) is 17.7. The van der Waals surface area contributed by atoms with Gasteiger partial charge in [0.1, 0.15) is 5.82 Å². The quantitative estimate of drug-likeness (QED) is 0.586. The van der Waals surface area contributed by atoms with E-state index >= 15 is 0 Å². The van der Waals surface area contributed by atoms with Crippen molar-refractivity contribution in [2.45, 2.75) is 52.2 Å². The molecule has 5 heteroatoms. The number of nitrogens with zero attached hydrogens (tertiary/aromatic N) is 2. The summed E-state index contributed by atoms with van der Waals surface area (Å²) >= 11 is 0. The van der Waals surface area contributed by atoms with E-state index in [1.165, 1.54) is 22.7 Å². The molecule has 0 aliphatic carbocycles. The summed E-state index contributed by atoms with van der Waals surface area (Å²) in [5, 5.41) is 4.34. The Hall–Kier alpha value is -2.66. The lowest BCUT2D eigenvalue weighted by Crippen LogP contribution is -2.42. The second kappa shape index (κ2) is 9.65. The molecule has 1 aromatic heterocycles. The van der Waals surface area contributed by atoms with Gasteiger partial charge in [0.25, 0.3) is 0 Å². The van der Waals surface area contributed by atoms with Gasteiger partial charge in [0.05, 0.1) is 0 Å². The van der Waals surface area contributed by atoms with Gasteiger partial charge in [0, 0.05) is 36.3 Å². The predicted octanol–water partition coefficient (Wildman–Crippen LogP) is 4.96. The van der Waals surface area contributed by atoms with E-state index < -0.39 is 0 Å². The number of halogens is 1. The highest BCUT2D eigenvalue weighted by Gasteiger charge is 2.26. The molecular formula is C26H32FN3O. The highest BCUT2D eigenvalue weighted by atomic mass is 19.1. The zero-order valence-electron chi connectivity index (χ0n) is 18.5. The first-order valence-electron chi connectivity index (χ1n) is 11.4. The maximum atomic E-state index is 13.7. The molecule has 0 bridgehead atoms. The number of hydrogen-bond donors (Lipinski definition) is 1. The van der Waals surface area contributed by atoms with Crippen molar-refractivity contribution in [1.82, 2.24) is 14.8 Å². The molecule has 1 amide bonds. The molecule has 2 heterocycles. The fraction of sp³-hybridized carbons (Fsp3) is 0.423. The van der Waals surface area contributed by atoms with Gasteiger partial charge in [0.15, 0.2) is 0 Å². The van der Waals surface area contributed by atoms with Crippen LogP contribution in [-0.4, -0.2) is 34.5 Å². The molecule has 1 atom stereocenters. The number of hydrogen-bond acceptors (Lipinski definition) is 2. The van der Waals surface area contributed by atoms with Crippen LogP contribution in [0.2, 0.25) is 0 Å². The molecule has 4 rings (SSSR count). The molecule has 0 spiro atoms. The Kier molecular flexibility index (Phi) is 6.71. The van der Waals surface area contributed by atoms with Gasteiger partial charge in [-0.2, -0.15) is 0 Å². The summed E-state index contributed by atoms with van der Waals surface area (Å²) in [5.41, 5.74) is 3.36. The summed E-state index contributed by atoms with van der Waals surface area (Å²) in [6.07, 6.45) is 2.75. The first-order chi connectivity index (χ1) is 15.0. The van der Waals surface area contributed by atoms with E-state index in [0.29, 0.717) is 6.54 Å². The van der Waals surface area contributed by atoms with E-state index in [9.17, 15) is 9.18 Å². The smallest absolute Gasteiger partial charge is 0.223 e. The van der Waals surface area contributed by atoms with E-state index in [2.05, 4.69) is 59.0 Å². The standard InChI is InChI=1S/C26H32FN3O/c1-3-19(2)28-26(31)21-11-13-29(14-12-21)18-24-16-22-8-4-5-10-25(22)30(24)17-20-7-6-9-23(27)15-20/h4-10,15-16,19,21H,3,11-14,17-18H2,1-2H3,(H,28,31). The second-order valence-electron chi connectivity index (χ2n) is 8.78. The Morgan fingerprint density at radius 3 is 2.61 bits per heavy atom. The van der Waals surface area contributed by atoms with Crippen molar-refractivity contribution in [1.29, 1.82) is 0 Å². The van der Waals surface area contributed by atoms with Crippen LogP contribution >= 0.6 is 0 Å². The number of rotatable bonds is 7. The van der Waals surface area contributed by atoms with Gasteiger partial charge in [-0.3, -0.25) is 9.69 Å². The molecule has 31 heavy (non-hydrogen) atoms. The topological polar surface area (TPSA) is 37.3 Å². The maximum Gasteiger partial charge on any atom is 0.223 e. The Labute approximate surface area is 184 Å². The van der Waals surface area contributed by atoms with Crippen LogP contribution in [0.3, 0.4) is 0 Å². The zero-order valence-corrected chi connectivity index (χ0v) is 18.5. The molecule has 164 valence electrons. The highest BCUT2D eigenvalue weighted by Crippen LogP contribution is 2.25. The minimum absolute atomic E-state index is 0.114. The van der Waals surface area contributed by atoms with Gasteiger partial charge in [-0.25, -0.2) is 4.39 Å². The van der Waals surface area contributed by atoms with Crippen LogP contribution in [0.25, 0.3) is 10.9 Å². The summed E-state index contributed by atoms with van der Waals surface area (Å²) in [7, 11) is 0. The van der Waals surface area contributed by atoms with E-state index in [1.807, 2.05) is 6.07 Å². The summed E-state index contributed by atoms with van der Waals surface area (Å²) < 4.78 is 16.0. The summed E-state index contributed by atoms with van der Waals surface area (Å²) in [4.78, 5) is 14.9. The second-order valence-corrected chi connectivity index (χ2v) is 8.78. The average Bonchev–Trinajstić information content (AvgIpc) is 3.11. The highest BCUT2D eigenvalue weighted by molar-refractivity contribution is 5.81. The Morgan fingerprint density at radius 1 is 1.10 bits per heavy atom. The monoisotopic (exact) mass is 421 g/mol. The van der Waals surface area contributed by atoms with Crippen molar-refractivity contribution in [2.24, 2.45) is 5.92 Å². The van der Waals surface area contributed by atoms with E-state index in [0.717, 1.165) is 44.5 Å². The minimum Gasteiger partial charge on any atom is -0.353 e. The molecule has 1 aliphatic rings. The van der Waals surface area contributed by atoms with Crippen LogP contribution in [0.15, 0.2) is 54.6 Å². The number of likely N-dealkylation sites (tertiary alicyclic amines) is 1. The fourth-order valence-corrected chi connectivity index (χ4v) is 4.45.